The molecule has 0 unspecified atom stereocenters. The lowest BCUT2D eigenvalue weighted by molar-refractivity contribution is 0.0725. The van der Waals surface area contributed by atoms with Gasteiger partial charge in [-0.1, -0.05) is 0 Å². The van der Waals surface area contributed by atoms with Crippen LogP contribution in [0.4, 0.5) is 0 Å². The first-order valence-electron chi connectivity index (χ1n) is 4.80. The zero-order valence-electron chi connectivity index (χ0n) is 7.89. The Morgan fingerprint density at radius 3 is 2.25 bits per heavy atom. The fourth-order valence-corrected chi connectivity index (χ4v) is 2.92. The van der Waals surface area contributed by atoms with E-state index in [-0.39, 0.29) is 0 Å². The highest BCUT2D eigenvalue weighted by Crippen LogP contribution is 2.36. The van der Waals surface area contributed by atoms with Gasteiger partial charge in [0.2, 0.25) is 0 Å². The maximum Gasteiger partial charge on any atom is 0.0404 e. The van der Waals surface area contributed by atoms with Crippen molar-refractivity contribution in [3.05, 3.63) is 0 Å². The van der Waals surface area contributed by atoms with Gasteiger partial charge in [0, 0.05) is 41.0 Å². The summed E-state index contributed by atoms with van der Waals surface area (Å²) < 4.78 is 2.47. The summed E-state index contributed by atoms with van der Waals surface area (Å²) in [6.45, 7) is 8.66. The molecule has 3 heteroatoms. The number of hydrogen-bond acceptors (Lipinski definition) is 2. The van der Waals surface area contributed by atoms with Crippen LogP contribution in [-0.4, -0.2) is 39.2 Å². The third-order valence-corrected chi connectivity index (χ3v) is 5.10. The van der Waals surface area contributed by atoms with E-state index in [1.807, 2.05) is 0 Å². The molecule has 0 bridgehead atoms. The first-order chi connectivity index (χ1) is 5.62. The van der Waals surface area contributed by atoms with Crippen LogP contribution in [0, 0.1) is 0 Å². The summed E-state index contributed by atoms with van der Waals surface area (Å²) >= 11 is 2.47. The van der Waals surface area contributed by atoms with E-state index in [1.54, 1.807) is 0 Å². The fraction of sp³-hybridized carbons (Fsp3) is 1.00. The average Bonchev–Trinajstić information content (AvgIpc) is 2.12. The van der Waals surface area contributed by atoms with E-state index in [0.717, 1.165) is 6.04 Å². The van der Waals surface area contributed by atoms with Gasteiger partial charge in [-0.3, -0.25) is 4.90 Å². The molecule has 12 heavy (non-hydrogen) atoms. The summed E-state index contributed by atoms with van der Waals surface area (Å²) in [5, 5.41) is 0. The SMILES string of the molecule is CC1(C)[C@H](N2CCC2)CCN1I. The van der Waals surface area contributed by atoms with Crippen LogP contribution in [0.25, 0.3) is 0 Å². The van der Waals surface area contributed by atoms with E-state index >= 15 is 0 Å². The molecular formula is C9H17IN2. The molecule has 0 spiro atoms. The van der Waals surface area contributed by atoms with Gasteiger partial charge in [0.25, 0.3) is 0 Å². The van der Waals surface area contributed by atoms with Crippen LogP contribution in [-0.2, 0) is 0 Å². The molecule has 0 aromatic heterocycles. The van der Waals surface area contributed by atoms with Crippen LogP contribution < -0.4 is 0 Å². The summed E-state index contributed by atoms with van der Waals surface area (Å²) in [5.74, 6) is 0. The predicted molar refractivity (Wildman–Crippen MR) is 59.4 cm³/mol. The minimum absolute atomic E-state index is 0.390. The van der Waals surface area contributed by atoms with Crippen LogP contribution in [0.3, 0.4) is 0 Å². The molecule has 0 aromatic carbocycles. The van der Waals surface area contributed by atoms with Crippen LogP contribution in [0.2, 0.25) is 0 Å². The fourth-order valence-electron chi connectivity index (χ4n) is 2.32. The second-order valence-electron chi connectivity index (χ2n) is 4.43. The van der Waals surface area contributed by atoms with Crippen molar-refractivity contribution in [1.29, 1.82) is 0 Å². The van der Waals surface area contributed by atoms with Gasteiger partial charge in [-0.25, -0.2) is 3.11 Å². The molecule has 0 saturated carbocycles. The highest BCUT2D eigenvalue weighted by molar-refractivity contribution is 14.1. The van der Waals surface area contributed by atoms with Gasteiger partial charge >= 0.3 is 0 Å². The minimum atomic E-state index is 0.390. The molecule has 0 N–H and O–H groups in total. The van der Waals surface area contributed by atoms with Gasteiger partial charge < -0.3 is 0 Å². The van der Waals surface area contributed by atoms with E-state index < -0.39 is 0 Å². The quantitative estimate of drug-likeness (QED) is 0.534. The highest BCUT2D eigenvalue weighted by atomic mass is 127. The van der Waals surface area contributed by atoms with Crippen LogP contribution >= 0.6 is 22.9 Å². The summed E-state index contributed by atoms with van der Waals surface area (Å²) in [7, 11) is 0. The molecule has 2 heterocycles. The maximum absolute atomic E-state index is 2.64. The van der Waals surface area contributed by atoms with Crippen molar-refractivity contribution in [3.63, 3.8) is 0 Å². The average molecular weight is 280 g/mol. The van der Waals surface area contributed by atoms with Crippen molar-refractivity contribution in [1.82, 2.24) is 8.01 Å². The van der Waals surface area contributed by atoms with E-state index in [1.165, 1.54) is 32.5 Å². The van der Waals surface area contributed by atoms with Crippen molar-refractivity contribution >= 4 is 22.9 Å². The predicted octanol–water partition coefficient (Wildman–Crippen LogP) is 1.89. The van der Waals surface area contributed by atoms with Crippen LogP contribution in [0.1, 0.15) is 26.7 Å². The zero-order chi connectivity index (χ0) is 8.77. The molecule has 2 aliphatic heterocycles. The molecule has 2 saturated heterocycles. The standard InChI is InChI=1S/C9H17IN2/c1-9(2)8(4-7-12(9)10)11-5-3-6-11/h8H,3-7H2,1-2H3/t8-/m1/s1. The number of nitrogens with zero attached hydrogens (tertiary/aromatic N) is 2. The largest absolute Gasteiger partial charge is 0.298 e. The minimum Gasteiger partial charge on any atom is -0.298 e. The van der Waals surface area contributed by atoms with E-state index in [0.29, 0.717) is 5.54 Å². The Labute approximate surface area is 88.8 Å². The van der Waals surface area contributed by atoms with Gasteiger partial charge in [0.05, 0.1) is 0 Å². The third-order valence-electron chi connectivity index (χ3n) is 3.37. The second kappa shape index (κ2) is 3.10. The molecule has 2 aliphatic rings. The Balaban J connectivity index is 2.06. The van der Waals surface area contributed by atoms with Gasteiger partial charge in [0.15, 0.2) is 0 Å². The van der Waals surface area contributed by atoms with Crippen molar-refractivity contribution in [3.8, 4) is 0 Å². The van der Waals surface area contributed by atoms with Crippen LogP contribution in [0.5, 0.6) is 0 Å². The van der Waals surface area contributed by atoms with Gasteiger partial charge in [0.1, 0.15) is 0 Å². The molecule has 0 aliphatic carbocycles. The lowest BCUT2D eigenvalue weighted by atomic mass is 9.93. The maximum atomic E-state index is 2.64. The lowest BCUT2D eigenvalue weighted by Crippen LogP contribution is -2.54. The molecule has 70 valence electrons. The molecule has 0 radical (unpaired) electrons. The number of hydrogen-bond donors (Lipinski definition) is 0. The van der Waals surface area contributed by atoms with Crippen molar-refractivity contribution < 1.29 is 0 Å². The summed E-state index contributed by atoms with van der Waals surface area (Å²) in [4.78, 5) is 2.64. The molecule has 2 fully saturated rings. The molecule has 0 aromatic rings. The van der Waals surface area contributed by atoms with Crippen LogP contribution in [0.15, 0.2) is 0 Å². The Morgan fingerprint density at radius 1 is 1.25 bits per heavy atom. The van der Waals surface area contributed by atoms with Gasteiger partial charge in [-0.2, -0.15) is 0 Å². The second-order valence-corrected chi connectivity index (χ2v) is 5.60. The molecular weight excluding hydrogens is 263 g/mol. The molecule has 2 rings (SSSR count). The van der Waals surface area contributed by atoms with Crippen molar-refractivity contribution in [2.45, 2.75) is 38.3 Å². The van der Waals surface area contributed by atoms with E-state index in [4.69, 9.17) is 0 Å². The Bertz CT molecular complexity index is 177. The number of likely N-dealkylation sites (tertiary alicyclic amines) is 1. The van der Waals surface area contributed by atoms with Crippen molar-refractivity contribution in [2.75, 3.05) is 19.6 Å². The lowest BCUT2D eigenvalue weighted by Gasteiger charge is -2.44. The summed E-state index contributed by atoms with van der Waals surface area (Å²) in [6.07, 6.45) is 2.77. The zero-order valence-corrected chi connectivity index (χ0v) is 10.0. The van der Waals surface area contributed by atoms with Crippen molar-refractivity contribution in [2.24, 2.45) is 0 Å². The monoisotopic (exact) mass is 280 g/mol. The molecule has 2 nitrogen and oxygen atoms in total. The highest BCUT2D eigenvalue weighted by Gasteiger charge is 2.44. The first-order valence-corrected chi connectivity index (χ1v) is 5.76. The molecule has 0 amide bonds. The van der Waals surface area contributed by atoms with Gasteiger partial charge in [-0.15, -0.1) is 0 Å². The topological polar surface area (TPSA) is 6.48 Å². The Hall–Kier alpha value is 0.650. The Kier molecular flexibility index (Phi) is 2.38. The van der Waals surface area contributed by atoms with Gasteiger partial charge in [-0.05, 0) is 39.8 Å². The van der Waals surface area contributed by atoms with E-state index in [2.05, 4.69) is 44.7 Å². The summed E-state index contributed by atoms with van der Waals surface area (Å²) in [6, 6.07) is 0.808. The van der Waals surface area contributed by atoms with E-state index in [9.17, 15) is 0 Å². The smallest absolute Gasteiger partial charge is 0.0404 e. The number of rotatable bonds is 1. The summed E-state index contributed by atoms with van der Waals surface area (Å²) in [5.41, 5.74) is 0.390. The third kappa shape index (κ3) is 1.30. The first kappa shape index (κ1) is 9.21. The normalized spacial score (nSPS) is 36.8. The molecule has 1 atom stereocenters. The Morgan fingerprint density at radius 2 is 1.92 bits per heavy atom. The number of halogens is 1.